The van der Waals surface area contributed by atoms with Crippen molar-refractivity contribution in [2.45, 2.75) is 33.4 Å². The van der Waals surface area contributed by atoms with Gasteiger partial charge in [0.05, 0.1) is 6.21 Å². The molecule has 3 aromatic carbocycles. The zero-order chi connectivity index (χ0) is 24.5. The molecule has 0 fully saturated rings. The van der Waals surface area contributed by atoms with E-state index in [9.17, 15) is 9.59 Å². The van der Waals surface area contributed by atoms with Crippen LogP contribution in [0.15, 0.2) is 82.4 Å². The van der Waals surface area contributed by atoms with Crippen LogP contribution in [-0.4, -0.2) is 24.1 Å². The van der Waals surface area contributed by atoms with Crippen LogP contribution >= 0.6 is 15.9 Å². The quantitative estimate of drug-likeness (QED) is 0.298. The van der Waals surface area contributed by atoms with E-state index in [0.29, 0.717) is 17.9 Å². The molecule has 0 aliphatic heterocycles. The van der Waals surface area contributed by atoms with Crippen molar-refractivity contribution in [2.24, 2.45) is 11.0 Å². The lowest BCUT2D eigenvalue weighted by molar-refractivity contribution is -0.123. The van der Waals surface area contributed by atoms with Gasteiger partial charge in [0.15, 0.2) is 0 Å². The van der Waals surface area contributed by atoms with Crippen molar-refractivity contribution in [1.82, 2.24) is 10.7 Å². The first-order valence-electron chi connectivity index (χ1n) is 11.0. The van der Waals surface area contributed by atoms with Crippen molar-refractivity contribution >= 4 is 34.0 Å². The molecule has 2 N–H and O–H groups in total. The van der Waals surface area contributed by atoms with Gasteiger partial charge in [0.25, 0.3) is 11.8 Å². The highest BCUT2D eigenvalue weighted by Crippen LogP contribution is 2.18. The van der Waals surface area contributed by atoms with Gasteiger partial charge in [-0.15, -0.1) is 0 Å². The van der Waals surface area contributed by atoms with E-state index in [1.807, 2.05) is 81.4 Å². The number of carbonyl (C=O) groups is 2. The number of hydrogen-bond acceptors (Lipinski definition) is 4. The lowest BCUT2D eigenvalue weighted by Crippen LogP contribution is -2.48. The van der Waals surface area contributed by atoms with E-state index in [0.717, 1.165) is 21.2 Å². The fourth-order valence-corrected chi connectivity index (χ4v) is 3.42. The first kappa shape index (κ1) is 25.2. The summed E-state index contributed by atoms with van der Waals surface area (Å²) in [6.07, 6.45) is 1.54. The van der Waals surface area contributed by atoms with Gasteiger partial charge >= 0.3 is 0 Å². The van der Waals surface area contributed by atoms with Crippen molar-refractivity contribution in [3.05, 3.63) is 99.5 Å². The Bertz CT molecular complexity index is 1140. The van der Waals surface area contributed by atoms with E-state index in [1.54, 1.807) is 12.1 Å². The topological polar surface area (TPSA) is 79.8 Å². The summed E-state index contributed by atoms with van der Waals surface area (Å²) in [5.74, 6) is -0.160. The highest BCUT2D eigenvalue weighted by Gasteiger charge is 2.24. The van der Waals surface area contributed by atoms with Crippen LogP contribution < -0.4 is 15.5 Å². The van der Waals surface area contributed by atoms with Crippen molar-refractivity contribution in [2.75, 3.05) is 0 Å². The molecule has 34 heavy (non-hydrogen) atoms. The molecule has 0 spiro atoms. The van der Waals surface area contributed by atoms with Crippen molar-refractivity contribution in [1.29, 1.82) is 0 Å². The lowest BCUT2D eigenvalue weighted by Gasteiger charge is -2.20. The maximum Gasteiger partial charge on any atom is 0.262 e. The average molecular weight is 522 g/mol. The van der Waals surface area contributed by atoms with Gasteiger partial charge in [0.1, 0.15) is 18.4 Å². The summed E-state index contributed by atoms with van der Waals surface area (Å²) in [6, 6.07) is 21.8. The van der Waals surface area contributed by atoms with Crippen LogP contribution in [-0.2, 0) is 11.4 Å². The Hall–Kier alpha value is -3.45. The van der Waals surface area contributed by atoms with Crippen LogP contribution in [0.2, 0.25) is 0 Å². The van der Waals surface area contributed by atoms with E-state index in [4.69, 9.17) is 4.74 Å². The van der Waals surface area contributed by atoms with Crippen LogP contribution in [0, 0.1) is 12.8 Å². The summed E-state index contributed by atoms with van der Waals surface area (Å²) < 4.78 is 6.95. The highest BCUT2D eigenvalue weighted by molar-refractivity contribution is 9.10. The standard InChI is InChI=1S/C27H28BrN3O3/c1-18(2)25(30-26(32)21-12-8-19(3)9-13-21)27(33)31-29-16-22-6-4-5-7-24(22)34-17-20-10-14-23(28)15-11-20/h4-16,18,25H,17H2,1-3H3,(H,30,32)(H,31,33). The molecule has 0 aliphatic rings. The van der Waals surface area contributed by atoms with Gasteiger partial charge in [-0.1, -0.05) is 71.7 Å². The molecule has 1 unspecified atom stereocenters. The number of para-hydroxylation sites is 1. The molecule has 0 bridgehead atoms. The molecule has 0 saturated carbocycles. The number of ether oxygens (including phenoxy) is 1. The molecule has 7 heteroatoms. The minimum atomic E-state index is -0.727. The predicted molar refractivity (Wildman–Crippen MR) is 138 cm³/mol. The van der Waals surface area contributed by atoms with Gasteiger partial charge in [-0.05, 0) is 54.8 Å². The number of nitrogens with zero attached hydrogens (tertiary/aromatic N) is 1. The van der Waals surface area contributed by atoms with Crippen molar-refractivity contribution in [3.63, 3.8) is 0 Å². The van der Waals surface area contributed by atoms with Gasteiger partial charge in [0.2, 0.25) is 0 Å². The number of aryl methyl sites for hydroxylation is 1. The number of rotatable bonds is 9. The number of amides is 2. The van der Waals surface area contributed by atoms with E-state index in [2.05, 4.69) is 31.8 Å². The minimum absolute atomic E-state index is 0.119. The number of carbonyl (C=O) groups excluding carboxylic acids is 2. The van der Waals surface area contributed by atoms with Crippen LogP contribution in [0.4, 0.5) is 0 Å². The van der Waals surface area contributed by atoms with E-state index in [-0.39, 0.29) is 17.7 Å². The lowest BCUT2D eigenvalue weighted by atomic mass is 10.0. The second-order valence-electron chi connectivity index (χ2n) is 8.25. The summed E-state index contributed by atoms with van der Waals surface area (Å²) in [5.41, 5.74) is 5.87. The SMILES string of the molecule is Cc1ccc(C(=O)NC(C(=O)NN=Cc2ccccc2OCc2ccc(Br)cc2)C(C)C)cc1. The molecule has 0 aliphatic carbocycles. The Morgan fingerprint density at radius 1 is 1.00 bits per heavy atom. The van der Waals surface area contributed by atoms with Crippen LogP contribution in [0.25, 0.3) is 0 Å². The Kier molecular flexibility index (Phi) is 8.99. The summed E-state index contributed by atoms with van der Waals surface area (Å²) >= 11 is 3.42. The molecule has 3 rings (SSSR count). The van der Waals surface area contributed by atoms with Gasteiger partial charge in [-0.3, -0.25) is 9.59 Å². The molecule has 2 amide bonds. The average Bonchev–Trinajstić information content (AvgIpc) is 2.83. The van der Waals surface area contributed by atoms with Gasteiger partial charge < -0.3 is 10.1 Å². The smallest absolute Gasteiger partial charge is 0.262 e. The van der Waals surface area contributed by atoms with Crippen molar-refractivity contribution in [3.8, 4) is 5.75 Å². The van der Waals surface area contributed by atoms with Gasteiger partial charge in [-0.25, -0.2) is 5.43 Å². The first-order chi connectivity index (χ1) is 16.3. The maximum atomic E-state index is 12.7. The molecule has 0 aromatic heterocycles. The Balaban J connectivity index is 1.61. The largest absolute Gasteiger partial charge is 0.488 e. The van der Waals surface area contributed by atoms with Crippen molar-refractivity contribution < 1.29 is 14.3 Å². The summed E-state index contributed by atoms with van der Waals surface area (Å²) in [6.45, 7) is 6.10. The molecule has 0 heterocycles. The van der Waals surface area contributed by atoms with Crippen LogP contribution in [0.5, 0.6) is 5.75 Å². The third-order valence-electron chi connectivity index (χ3n) is 5.15. The zero-order valence-electron chi connectivity index (χ0n) is 19.4. The molecule has 1 atom stereocenters. The summed E-state index contributed by atoms with van der Waals surface area (Å²) in [7, 11) is 0. The Morgan fingerprint density at radius 3 is 2.35 bits per heavy atom. The zero-order valence-corrected chi connectivity index (χ0v) is 21.0. The molecule has 176 valence electrons. The number of hydrogen-bond donors (Lipinski definition) is 2. The fraction of sp³-hybridized carbons (Fsp3) is 0.222. The number of benzene rings is 3. The van der Waals surface area contributed by atoms with Gasteiger partial charge in [-0.2, -0.15) is 5.10 Å². The summed E-state index contributed by atoms with van der Waals surface area (Å²) in [5, 5.41) is 6.90. The Labute approximate surface area is 208 Å². The third kappa shape index (κ3) is 7.28. The molecule has 0 radical (unpaired) electrons. The molecule has 3 aromatic rings. The Morgan fingerprint density at radius 2 is 1.68 bits per heavy atom. The molecule has 6 nitrogen and oxygen atoms in total. The third-order valence-corrected chi connectivity index (χ3v) is 5.68. The van der Waals surface area contributed by atoms with Gasteiger partial charge in [0, 0.05) is 15.6 Å². The normalized spacial score (nSPS) is 11.9. The number of nitrogens with one attached hydrogen (secondary N) is 2. The minimum Gasteiger partial charge on any atom is -0.488 e. The molecule has 0 saturated heterocycles. The van der Waals surface area contributed by atoms with E-state index in [1.165, 1.54) is 6.21 Å². The monoisotopic (exact) mass is 521 g/mol. The maximum absolute atomic E-state index is 12.7. The predicted octanol–water partition coefficient (Wildman–Crippen LogP) is 5.24. The first-order valence-corrected chi connectivity index (χ1v) is 11.8. The summed E-state index contributed by atoms with van der Waals surface area (Å²) in [4.78, 5) is 25.3. The van der Waals surface area contributed by atoms with Crippen LogP contribution in [0.3, 0.4) is 0 Å². The number of hydrazone groups is 1. The van der Waals surface area contributed by atoms with Crippen LogP contribution in [0.1, 0.15) is 40.9 Å². The second kappa shape index (κ2) is 12.1. The second-order valence-corrected chi connectivity index (χ2v) is 9.16. The fourth-order valence-electron chi connectivity index (χ4n) is 3.16. The number of halogens is 1. The molecular weight excluding hydrogens is 494 g/mol. The van der Waals surface area contributed by atoms with E-state index < -0.39 is 6.04 Å². The van der Waals surface area contributed by atoms with E-state index >= 15 is 0 Å². The highest BCUT2D eigenvalue weighted by atomic mass is 79.9. The molecular formula is C27H28BrN3O3.